The summed E-state index contributed by atoms with van der Waals surface area (Å²) in [5.41, 5.74) is 0.957. The van der Waals surface area contributed by atoms with E-state index >= 15 is 0 Å². The Balaban J connectivity index is 1.80. The number of aromatic nitrogens is 1. The SMILES string of the molecule is CC1(C)CC(NCc2ccon2)CCO1. The van der Waals surface area contributed by atoms with E-state index in [1.807, 2.05) is 6.07 Å². The molecule has 0 aromatic carbocycles. The van der Waals surface area contributed by atoms with E-state index in [9.17, 15) is 0 Å². The number of rotatable bonds is 3. The van der Waals surface area contributed by atoms with Gasteiger partial charge in [0.1, 0.15) is 6.26 Å². The van der Waals surface area contributed by atoms with Gasteiger partial charge in [-0.1, -0.05) is 5.16 Å². The molecule has 1 unspecified atom stereocenters. The fraction of sp³-hybridized carbons (Fsp3) is 0.727. The highest BCUT2D eigenvalue weighted by molar-refractivity contribution is 4.95. The Hall–Kier alpha value is -0.870. The standard InChI is InChI=1S/C11H18N2O2/c1-11(2)7-9(3-5-14-11)12-8-10-4-6-15-13-10/h4,6,9,12H,3,5,7-8H2,1-2H3. The largest absolute Gasteiger partial charge is 0.375 e. The van der Waals surface area contributed by atoms with Crippen molar-refractivity contribution in [1.82, 2.24) is 10.5 Å². The van der Waals surface area contributed by atoms with Crippen LogP contribution >= 0.6 is 0 Å². The van der Waals surface area contributed by atoms with Gasteiger partial charge < -0.3 is 14.6 Å². The van der Waals surface area contributed by atoms with Gasteiger partial charge >= 0.3 is 0 Å². The van der Waals surface area contributed by atoms with Crippen molar-refractivity contribution < 1.29 is 9.26 Å². The van der Waals surface area contributed by atoms with E-state index in [0.717, 1.165) is 31.7 Å². The number of ether oxygens (including phenoxy) is 1. The van der Waals surface area contributed by atoms with Gasteiger partial charge in [0.15, 0.2) is 0 Å². The van der Waals surface area contributed by atoms with Crippen LogP contribution in [0.25, 0.3) is 0 Å². The minimum absolute atomic E-state index is 0.000257. The van der Waals surface area contributed by atoms with Gasteiger partial charge in [-0.15, -0.1) is 0 Å². The highest BCUT2D eigenvalue weighted by Gasteiger charge is 2.28. The molecule has 2 rings (SSSR count). The topological polar surface area (TPSA) is 47.3 Å². The number of nitrogens with zero attached hydrogens (tertiary/aromatic N) is 1. The summed E-state index contributed by atoms with van der Waals surface area (Å²) >= 11 is 0. The molecule has 0 spiro atoms. The molecule has 84 valence electrons. The van der Waals surface area contributed by atoms with E-state index < -0.39 is 0 Å². The van der Waals surface area contributed by atoms with Crippen molar-refractivity contribution in [3.05, 3.63) is 18.0 Å². The van der Waals surface area contributed by atoms with Gasteiger partial charge in [0.2, 0.25) is 0 Å². The highest BCUT2D eigenvalue weighted by atomic mass is 16.5. The molecule has 15 heavy (non-hydrogen) atoms. The second-order valence-corrected chi connectivity index (χ2v) is 4.67. The Labute approximate surface area is 90.0 Å². The summed E-state index contributed by atoms with van der Waals surface area (Å²) in [4.78, 5) is 0. The predicted molar refractivity (Wildman–Crippen MR) is 56.4 cm³/mol. The van der Waals surface area contributed by atoms with Crippen LogP contribution in [-0.2, 0) is 11.3 Å². The molecule has 1 N–H and O–H groups in total. The summed E-state index contributed by atoms with van der Waals surface area (Å²) in [5.74, 6) is 0. The van der Waals surface area contributed by atoms with Crippen molar-refractivity contribution in [2.75, 3.05) is 6.61 Å². The molecule has 0 radical (unpaired) electrons. The zero-order valence-electron chi connectivity index (χ0n) is 9.32. The van der Waals surface area contributed by atoms with Gasteiger partial charge in [-0.25, -0.2) is 0 Å². The van der Waals surface area contributed by atoms with Crippen LogP contribution in [0.2, 0.25) is 0 Å². The molecule has 2 heterocycles. The minimum atomic E-state index is -0.000257. The zero-order valence-corrected chi connectivity index (χ0v) is 9.32. The Bertz CT molecular complexity index is 296. The van der Waals surface area contributed by atoms with Crippen LogP contribution < -0.4 is 5.32 Å². The average molecular weight is 210 g/mol. The van der Waals surface area contributed by atoms with Gasteiger partial charge in [0.25, 0.3) is 0 Å². The molecule has 1 atom stereocenters. The van der Waals surface area contributed by atoms with Crippen LogP contribution in [0.4, 0.5) is 0 Å². The number of hydrogen-bond donors (Lipinski definition) is 1. The van der Waals surface area contributed by atoms with E-state index in [0.29, 0.717) is 6.04 Å². The lowest BCUT2D eigenvalue weighted by atomic mass is 9.94. The first-order chi connectivity index (χ1) is 7.16. The van der Waals surface area contributed by atoms with E-state index in [2.05, 4.69) is 24.3 Å². The molecular weight excluding hydrogens is 192 g/mol. The molecule has 0 bridgehead atoms. The normalized spacial score (nSPS) is 25.3. The second kappa shape index (κ2) is 4.33. The third kappa shape index (κ3) is 3.04. The molecule has 1 saturated heterocycles. The smallest absolute Gasteiger partial charge is 0.124 e. The van der Waals surface area contributed by atoms with E-state index in [1.165, 1.54) is 0 Å². The maximum atomic E-state index is 5.66. The summed E-state index contributed by atoms with van der Waals surface area (Å²) in [7, 11) is 0. The minimum Gasteiger partial charge on any atom is -0.375 e. The Morgan fingerprint density at radius 1 is 1.60 bits per heavy atom. The summed E-state index contributed by atoms with van der Waals surface area (Å²) in [6.07, 6.45) is 3.72. The Morgan fingerprint density at radius 3 is 3.13 bits per heavy atom. The lowest BCUT2D eigenvalue weighted by Crippen LogP contribution is -2.43. The first kappa shape index (κ1) is 10.6. The van der Waals surface area contributed by atoms with Crippen LogP contribution in [0.15, 0.2) is 16.9 Å². The molecule has 1 aromatic heterocycles. The van der Waals surface area contributed by atoms with Crippen LogP contribution in [-0.4, -0.2) is 23.4 Å². The van der Waals surface area contributed by atoms with Crippen molar-refractivity contribution in [2.45, 2.75) is 44.9 Å². The lowest BCUT2D eigenvalue weighted by Gasteiger charge is -2.35. The average Bonchev–Trinajstić information content (AvgIpc) is 2.65. The van der Waals surface area contributed by atoms with E-state index in [1.54, 1.807) is 6.26 Å². The molecule has 1 aliphatic heterocycles. The third-order valence-corrected chi connectivity index (χ3v) is 2.76. The van der Waals surface area contributed by atoms with Crippen molar-refractivity contribution in [1.29, 1.82) is 0 Å². The molecule has 4 nitrogen and oxygen atoms in total. The lowest BCUT2D eigenvalue weighted by molar-refractivity contribution is -0.0631. The molecule has 4 heteroatoms. The maximum Gasteiger partial charge on any atom is 0.124 e. The fourth-order valence-corrected chi connectivity index (χ4v) is 1.98. The van der Waals surface area contributed by atoms with Crippen molar-refractivity contribution in [2.24, 2.45) is 0 Å². The molecule has 1 aromatic rings. The van der Waals surface area contributed by atoms with Crippen molar-refractivity contribution in [3.63, 3.8) is 0 Å². The van der Waals surface area contributed by atoms with Gasteiger partial charge in [-0.2, -0.15) is 0 Å². The molecule has 1 fully saturated rings. The highest BCUT2D eigenvalue weighted by Crippen LogP contribution is 2.23. The summed E-state index contributed by atoms with van der Waals surface area (Å²) < 4.78 is 10.4. The number of nitrogens with one attached hydrogen (secondary N) is 1. The van der Waals surface area contributed by atoms with Crippen LogP contribution in [0, 0.1) is 0 Å². The van der Waals surface area contributed by atoms with Crippen LogP contribution in [0.1, 0.15) is 32.4 Å². The Morgan fingerprint density at radius 2 is 2.47 bits per heavy atom. The van der Waals surface area contributed by atoms with E-state index in [-0.39, 0.29) is 5.60 Å². The third-order valence-electron chi connectivity index (χ3n) is 2.76. The first-order valence-electron chi connectivity index (χ1n) is 5.42. The Kier molecular flexibility index (Phi) is 3.07. The van der Waals surface area contributed by atoms with Crippen LogP contribution in [0.3, 0.4) is 0 Å². The molecule has 0 saturated carbocycles. The van der Waals surface area contributed by atoms with Crippen LogP contribution in [0.5, 0.6) is 0 Å². The molecule has 0 aliphatic carbocycles. The van der Waals surface area contributed by atoms with Gasteiger partial charge in [0.05, 0.1) is 11.3 Å². The van der Waals surface area contributed by atoms with Crippen molar-refractivity contribution >= 4 is 0 Å². The quantitative estimate of drug-likeness (QED) is 0.825. The summed E-state index contributed by atoms with van der Waals surface area (Å²) in [6.45, 7) is 5.88. The summed E-state index contributed by atoms with van der Waals surface area (Å²) in [6, 6.07) is 2.41. The van der Waals surface area contributed by atoms with Crippen molar-refractivity contribution in [3.8, 4) is 0 Å². The zero-order chi connectivity index (χ0) is 10.7. The monoisotopic (exact) mass is 210 g/mol. The molecule has 0 amide bonds. The van der Waals surface area contributed by atoms with Gasteiger partial charge in [-0.3, -0.25) is 0 Å². The number of hydrogen-bond acceptors (Lipinski definition) is 4. The molecular formula is C11H18N2O2. The predicted octanol–water partition coefficient (Wildman–Crippen LogP) is 1.72. The van der Waals surface area contributed by atoms with Gasteiger partial charge in [-0.05, 0) is 26.7 Å². The maximum absolute atomic E-state index is 5.66. The molecule has 1 aliphatic rings. The summed E-state index contributed by atoms with van der Waals surface area (Å²) in [5, 5.41) is 7.35. The van der Waals surface area contributed by atoms with Gasteiger partial charge in [0, 0.05) is 25.3 Å². The fourth-order valence-electron chi connectivity index (χ4n) is 1.98. The van der Waals surface area contributed by atoms with E-state index in [4.69, 9.17) is 9.26 Å². The first-order valence-corrected chi connectivity index (χ1v) is 5.42. The second-order valence-electron chi connectivity index (χ2n) is 4.67.